The maximum absolute atomic E-state index is 5.64. The molecule has 0 aliphatic carbocycles. The fraction of sp³-hybridized carbons (Fsp3) is 0.444. The molecule has 136 valence electrons. The van der Waals surface area contributed by atoms with Crippen molar-refractivity contribution in [3.8, 4) is 10.6 Å². The van der Waals surface area contributed by atoms with Crippen LogP contribution in [0.15, 0.2) is 40.7 Å². The highest BCUT2D eigenvalue weighted by Crippen LogP contribution is 2.23. The molecule has 1 aliphatic heterocycles. The Kier molecular flexibility index (Phi) is 8.63. The summed E-state index contributed by atoms with van der Waals surface area (Å²) < 4.78 is 5.64. The number of aromatic nitrogens is 1. The van der Waals surface area contributed by atoms with Gasteiger partial charge in [-0.3, -0.25) is 0 Å². The van der Waals surface area contributed by atoms with Crippen LogP contribution in [0.25, 0.3) is 10.6 Å². The number of nitrogens with one attached hydrogen (secondary N) is 2. The van der Waals surface area contributed by atoms with Gasteiger partial charge >= 0.3 is 0 Å². The maximum Gasteiger partial charge on any atom is 0.191 e. The second-order valence-corrected chi connectivity index (χ2v) is 6.58. The maximum atomic E-state index is 5.64. The minimum absolute atomic E-state index is 0. The van der Waals surface area contributed by atoms with Gasteiger partial charge in [-0.1, -0.05) is 30.3 Å². The van der Waals surface area contributed by atoms with Gasteiger partial charge in [-0.25, -0.2) is 9.98 Å². The Bertz CT molecular complexity index is 656. The number of aliphatic imine (C=N–C) groups is 1. The van der Waals surface area contributed by atoms with Crippen molar-refractivity contribution in [1.29, 1.82) is 0 Å². The summed E-state index contributed by atoms with van der Waals surface area (Å²) in [5.74, 6) is 0.822. The third-order valence-electron chi connectivity index (χ3n) is 3.84. The second-order valence-electron chi connectivity index (χ2n) is 5.72. The molecule has 5 nitrogen and oxygen atoms in total. The summed E-state index contributed by atoms with van der Waals surface area (Å²) in [6.45, 7) is 5.16. The van der Waals surface area contributed by atoms with Gasteiger partial charge in [0.25, 0.3) is 0 Å². The smallest absolute Gasteiger partial charge is 0.191 e. The standard InChI is InChI=1S/C18H24N4OS.HI/c1-2-19-18(21-12-16-9-6-10-23-16)20-11-15-13-24-17(22-15)14-7-4-3-5-8-14;/h3-5,7-8,13,16H,2,6,9-12H2,1H3,(H2,19,20,21);1H. The van der Waals surface area contributed by atoms with Crippen molar-refractivity contribution < 1.29 is 4.74 Å². The molecular weight excluding hydrogens is 447 g/mol. The highest BCUT2D eigenvalue weighted by atomic mass is 127. The first kappa shape index (κ1) is 20.1. The largest absolute Gasteiger partial charge is 0.376 e. The van der Waals surface area contributed by atoms with Crippen molar-refractivity contribution >= 4 is 41.3 Å². The molecule has 1 unspecified atom stereocenters. The fourth-order valence-electron chi connectivity index (χ4n) is 2.61. The lowest BCUT2D eigenvalue weighted by molar-refractivity contribution is 0.114. The number of guanidine groups is 1. The van der Waals surface area contributed by atoms with Crippen molar-refractivity contribution in [2.45, 2.75) is 32.4 Å². The molecule has 1 atom stereocenters. The summed E-state index contributed by atoms with van der Waals surface area (Å²) in [5.41, 5.74) is 2.15. The Morgan fingerprint density at radius 1 is 1.32 bits per heavy atom. The van der Waals surface area contributed by atoms with E-state index in [9.17, 15) is 0 Å². The van der Waals surface area contributed by atoms with Gasteiger partial charge in [0.05, 0.1) is 18.3 Å². The summed E-state index contributed by atoms with van der Waals surface area (Å²) >= 11 is 1.66. The molecule has 0 amide bonds. The van der Waals surface area contributed by atoms with Gasteiger partial charge in [0, 0.05) is 30.6 Å². The normalized spacial score (nSPS) is 17.2. The van der Waals surface area contributed by atoms with Gasteiger partial charge < -0.3 is 15.4 Å². The zero-order chi connectivity index (χ0) is 16.6. The van der Waals surface area contributed by atoms with Gasteiger partial charge in [0.1, 0.15) is 5.01 Å². The third-order valence-corrected chi connectivity index (χ3v) is 4.78. The van der Waals surface area contributed by atoms with Gasteiger partial charge in [-0.05, 0) is 19.8 Å². The summed E-state index contributed by atoms with van der Waals surface area (Å²) in [6, 6.07) is 10.3. The first-order valence-corrected chi connectivity index (χ1v) is 9.36. The van der Waals surface area contributed by atoms with E-state index < -0.39 is 0 Å². The summed E-state index contributed by atoms with van der Waals surface area (Å²) in [7, 11) is 0. The van der Waals surface area contributed by atoms with E-state index in [-0.39, 0.29) is 24.0 Å². The van der Waals surface area contributed by atoms with E-state index >= 15 is 0 Å². The monoisotopic (exact) mass is 472 g/mol. The van der Waals surface area contributed by atoms with Crippen LogP contribution in [0.3, 0.4) is 0 Å². The summed E-state index contributed by atoms with van der Waals surface area (Å²) in [6.07, 6.45) is 2.58. The Morgan fingerprint density at radius 3 is 2.88 bits per heavy atom. The summed E-state index contributed by atoms with van der Waals surface area (Å²) in [5, 5.41) is 9.75. The molecule has 0 radical (unpaired) electrons. The zero-order valence-corrected chi connectivity index (χ0v) is 17.6. The van der Waals surface area contributed by atoms with Crippen LogP contribution in [0, 0.1) is 0 Å². The Hall–Kier alpha value is -1.19. The molecule has 1 aliphatic rings. The van der Waals surface area contributed by atoms with Crippen LogP contribution in [0.5, 0.6) is 0 Å². The van der Waals surface area contributed by atoms with Crippen LogP contribution < -0.4 is 10.6 Å². The molecule has 0 bridgehead atoms. The molecule has 1 aromatic carbocycles. The van der Waals surface area contributed by atoms with Crippen LogP contribution in [-0.4, -0.2) is 36.7 Å². The first-order chi connectivity index (χ1) is 11.8. The highest BCUT2D eigenvalue weighted by molar-refractivity contribution is 14.0. The van der Waals surface area contributed by atoms with Gasteiger partial charge in [-0.2, -0.15) is 0 Å². The molecule has 2 N–H and O–H groups in total. The molecule has 2 heterocycles. The number of thiazole rings is 1. The van der Waals surface area contributed by atoms with E-state index in [0.717, 1.165) is 54.8 Å². The Balaban J connectivity index is 0.00000225. The number of nitrogens with zero attached hydrogens (tertiary/aromatic N) is 2. The second kappa shape index (κ2) is 10.7. The van der Waals surface area contributed by atoms with Crippen LogP contribution >= 0.6 is 35.3 Å². The third kappa shape index (κ3) is 6.23. The van der Waals surface area contributed by atoms with Gasteiger partial charge in [0.2, 0.25) is 0 Å². The molecule has 1 aromatic heterocycles. The molecular formula is C18H25IN4OS. The summed E-state index contributed by atoms with van der Waals surface area (Å²) in [4.78, 5) is 9.32. The van der Waals surface area contributed by atoms with Crippen molar-refractivity contribution in [2.75, 3.05) is 19.7 Å². The van der Waals surface area contributed by atoms with Crippen molar-refractivity contribution in [3.63, 3.8) is 0 Å². The zero-order valence-electron chi connectivity index (χ0n) is 14.4. The number of hydrogen-bond acceptors (Lipinski definition) is 4. The number of halogens is 1. The van der Waals surface area contributed by atoms with Crippen LogP contribution in [-0.2, 0) is 11.3 Å². The number of benzene rings is 1. The van der Waals surface area contributed by atoms with Crippen molar-refractivity contribution in [2.24, 2.45) is 4.99 Å². The predicted molar refractivity (Wildman–Crippen MR) is 115 cm³/mol. The van der Waals surface area contributed by atoms with Crippen LogP contribution in [0.2, 0.25) is 0 Å². The highest BCUT2D eigenvalue weighted by Gasteiger charge is 2.15. The average Bonchev–Trinajstić information content (AvgIpc) is 3.30. The van der Waals surface area contributed by atoms with E-state index in [1.54, 1.807) is 11.3 Å². The Labute approximate surface area is 170 Å². The van der Waals surface area contributed by atoms with Crippen LogP contribution in [0.4, 0.5) is 0 Å². The minimum Gasteiger partial charge on any atom is -0.376 e. The van der Waals surface area contributed by atoms with E-state index in [1.807, 2.05) is 18.2 Å². The van der Waals surface area contributed by atoms with E-state index in [1.165, 1.54) is 0 Å². The molecule has 2 aromatic rings. The molecule has 0 saturated carbocycles. The minimum atomic E-state index is 0. The van der Waals surface area contributed by atoms with Crippen molar-refractivity contribution in [1.82, 2.24) is 15.6 Å². The van der Waals surface area contributed by atoms with Crippen molar-refractivity contribution in [3.05, 3.63) is 41.4 Å². The lowest BCUT2D eigenvalue weighted by Gasteiger charge is -2.14. The van der Waals surface area contributed by atoms with E-state index in [2.05, 4.69) is 45.0 Å². The van der Waals surface area contributed by atoms with Gasteiger partial charge in [-0.15, -0.1) is 35.3 Å². The Morgan fingerprint density at radius 2 is 2.16 bits per heavy atom. The topological polar surface area (TPSA) is 58.5 Å². The van der Waals surface area contributed by atoms with Crippen LogP contribution in [0.1, 0.15) is 25.5 Å². The average molecular weight is 472 g/mol. The molecule has 3 rings (SSSR count). The fourth-order valence-corrected chi connectivity index (χ4v) is 3.43. The number of rotatable bonds is 6. The van der Waals surface area contributed by atoms with E-state index in [4.69, 9.17) is 4.74 Å². The lowest BCUT2D eigenvalue weighted by Crippen LogP contribution is -2.41. The predicted octanol–water partition coefficient (Wildman–Crippen LogP) is 3.66. The SMILES string of the molecule is CCNC(=NCc1csc(-c2ccccc2)n1)NCC1CCCO1.I. The van der Waals surface area contributed by atoms with Gasteiger partial charge in [0.15, 0.2) is 5.96 Å². The lowest BCUT2D eigenvalue weighted by atomic mass is 10.2. The quantitative estimate of drug-likeness (QED) is 0.383. The molecule has 1 fully saturated rings. The van der Waals surface area contributed by atoms with E-state index in [0.29, 0.717) is 12.6 Å². The molecule has 1 saturated heterocycles. The molecule has 25 heavy (non-hydrogen) atoms. The first-order valence-electron chi connectivity index (χ1n) is 8.48. The number of hydrogen-bond donors (Lipinski definition) is 2. The number of ether oxygens (including phenoxy) is 1. The molecule has 0 spiro atoms. The molecule has 7 heteroatoms.